The third-order valence-electron chi connectivity index (χ3n) is 5.14. The van der Waals surface area contributed by atoms with Crippen LogP contribution in [0, 0.1) is 28.6 Å². The molecule has 0 atom stereocenters. The van der Waals surface area contributed by atoms with Crippen molar-refractivity contribution in [1.82, 2.24) is 9.80 Å². The molecule has 3 rings (SSSR count). The van der Waals surface area contributed by atoms with Crippen LogP contribution in [-0.2, 0) is 6.54 Å². The molecule has 0 aromatic carbocycles. The number of nitriles is 2. The predicted octanol–water partition coefficient (Wildman–Crippen LogP) is 2.08. The highest BCUT2D eigenvalue weighted by Crippen LogP contribution is 2.24. The first kappa shape index (κ1) is 18.3. The number of amidine groups is 1. The summed E-state index contributed by atoms with van der Waals surface area (Å²) in [5.74, 6) is 0.854. The first-order valence-corrected chi connectivity index (χ1v) is 9.31. The minimum Gasteiger partial charge on any atom is -0.466 e. The predicted molar refractivity (Wildman–Crippen MR) is 99.7 cm³/mol. The molecular weight excluding hydrogens is 328 g/mol. The average molecular weight is 354 g/mol. The summed E-state index contributed by atoms with van der Waals surface area (Å²) in [5.41, 5.74) is 1.12. The number of furan rings is 1. The number of likely N-dealkylation sites (N-methyl/N-ethyl adjacent to an activating group) is 1. The minimum atomic E-state index is -0.772. The zero-order valence-corrected chi connectivity index (χ0v) is 15.4. The number of nitrogens with zero attached hydrogens (tertiary/aromatic N) is 6. The maximum atomic E-state index is 9.12. The normalized spacial score (nSPS) is 17.8. The van der Waals surface area contributed by atoms with Crippen LogP contribution in [0.15, 0.2) is 21.7 Å². The van der Waals surface area contributed by atoms with Crippen molar-refractivity contribution >= 4 is 11.5 Å². The minimum absolute atomic E-state index is 0.615. The van der Waals surface area contributed by atoms with Crippen LogP contribution in [0.2, 0.25) is 0 Å². The monoisotopic (exact) mass is 354 g/mol. The zero-order chi connectivity index (χ0) is 18.4. The first-order chi connectivity index (χ1) is 12.7. The van der Waals surface area contributed by atoms with E-state index in [0.717, 1.165) is 50.7 Å². The van der Waals surface area contributed by atoms with E-state index in [0.29, 0.717) is 12.4 Å². The molecule has 0 radical (unpaired) electrons. The van der Waals surface area contributed by atoms with Gasteiger partial charge in [0.25, 0.3) is 0 Å². The van der Waals surface area contributed by atoms with Gasteiger partial charge in [0, 0.05) is 32.7 Å². The van der Waals surface area contributed by atoms with Crippen molar-refractivity contribution < 1.29 is 4.42 Å². The molecule has 138 valence electrons. The van der Waals surface area contributed by atoms with E-state index in [1.807, 2.05) is 18.2 Å². The van der Waals surface area contributed by atoms with E-state index in [-0.39, 0.29) is 0 Å². The Morgan fingerprint density at radius 1 is 1.23 bits per heavy atom. The van der Waals surface area contributed by atoms with Gasteiger partial charge in [0.05, 0.1) is 37.2 Å². The highest BCUT2D eigenvalue weighted by molar-refractivity contribution is 5.90. The largest absolute Gasteiger partial charge is 0.466 e. The summed E-state index contributed by atoms with van der Waals surface area (Å²) >= 11 is 0. The second kappa shape index (κ2) is 8.73. The van der Waals surface area contributed by atoms with Crippen LogP contribution in [0.25, 0.3) is 0 Å². The number of likely N-dealkylation sites (tertiary alicyclic amines) is 1. The van der Waals surface area contributed by atoms with Gasteiger partial charge in [-0.2, -0.15) is 10.5 Å². The van der Waals surface area contributed by atoms with Crippen molar-refractivity contribution in [3.63, 3.8) is 0 Å². The number of hydrogen-bond donors (Lipinski definition) is 0. The Morgan fingerprint density at radius 3 is 2.73 bits per heavy atom. The molecule has 0 bridgehead atoms. The van der Waals surface area contributed by atoms with Gasteiger partial charge in [-0.15, -0.1) is 0 Å². The van der Waals surface area contributed by atoms with E-state index in [9.17, 15) is 0 Å². The fourth-order valence-corrected chi connectivity index (χ4v) is 3.65. The molecule has 0 unspecified atom stereocenters. The van der Waals surface area contributed by atoms with Crippen molar-refractivity contribution in [2.24, 2.45) is 10.9 Å². The summed E-state index contributed by atoms with van der Waals surface area (Å²) in [5, 5.41) is 18.2. The molecule has 7 heteroatoms. The van der Waals surface area contributed by atoms with E-state index < -0.39 is 5.92 Å². The lowest BCUT2D eigenvalue weighted by molar-refractivity contribution is 0.205. The molecule has 2 aliphatic rings. The second-order valence-electron chi connectivity index (χ2n) is 6.91. The van der Waals surface area contributed by atoms with E-state index in [4.69, 9.17) is 14.9 Å². The van der Waals surface area contributed by atoms with Crippen molar-refractivity contribution in [3.05, 3.63) is 18.1 Å². The molecule has 3 heterocycles. The number of aliphatic imine (C=N–C) groups is 1. The topological polar surface area (TPSA) is 82.8 Å². The Kier molecular flexibility index (Phi) is 6.14. The first-order valence-electron chi connectivity index (χ1n) is 9.31. The molecule has 1 aromatic heterocycles. The van der Waals surface area contributed by atoms with Crippen LogP contribution in [-0.4, -0.2) is 62.0 Å². The molecule has 1 aromatic rings. The highest BCUT2D eigenvalue weighted by Gasteiger charge is 2.25. The van der Waals surface area contributed by atoms with Crippen LogP contribution < -0.4 is 4.90 Å². The van der Waals surface area contributed by atoms with Gasteiger partial charge in [0.1, 0.15) is 11.6 Å². The van der Waals surface area contributed by atoms with Gasteiger partial charge < -0.3 is 14.2 Å². The maximum absolute atomic E-state index is 9.12. The van der Waals surface area contributed by atoms with Crippen LogP contribution in [0.3, 0.4) is 0 Å². The summed E-state index contributed by atoms with van der Waals surface area (Å²) in [6, 6.07) is 6.07. The quantitative estimate of drug-likeness (QED) is 0.745. The van der Waals surface area contributed by atoms with Gasteiger partial charge in [0.15, 0.2) is 5.92 Å². The third-order valence-corrected chi connectivity index (χ3v) is 5.14. The van der Waals surface area contributed by atoms with E-state index in [2.05, 4.69) is 26.7 Å². The Morgan fingerprint density at radius 2 is 2.00 bits per heavy atom. The number of rotatable bonds is 7. The Labute approximate surface area is 155 Å². The van der Waals surface area contributed by atoms with E-state index in [1.165, 1.54) is 19.3 Å². The number of piperidine rings is 1. The van der Waals surface area contributed by atoms with Gasteiger partial charge in [-0.05, 0) is 25.9 Å². The van der Waals surface area contributed by atoms with Crippen LogP contribution in [0.1, 0.15) is 25.0 Å². The number of anilines is 1. The molecular formula is C19H26N6O. The lowest BCUT2D eigenvalue weighted by Gasteiger charge is -2.28. The van der Waals surface area contributed by atoms with Gasteiger partial charge >= 0.3 is 0 Å². The smallest absolute Gasteiger partial charge is 0.189 e. The molecule has 0 aliphatic carbocycles. The maximum Gasteiger partial charge on any atom is 0.189 e. The SMILES string of the molecule is CN(CCN1CCN=C1C(C#N)C#N)c1ccoc1CN1CCCCC1. The van der Waals surface area contributed by atoms with Crippen LogP contribution in [0.5, 0.6) is 0 Å². The molecule has 1 fully saturated rings. The standard InChI is InChI=1S/C19H26N6O/c1-23(10-11-25-9-6-22-19(25)16(13-20)14-21)17-5-12-26-18(17)15-24-7-3-2-4-8-24/h5,12,16H,2-4,6-11,15H2,1H3. The van der Waals surface area contributed by atoms with Crippen LogP contribution in [0.4, 0.5) is 5.69 Å². The van der Waals surface area contributed by atoms with E-state index >= 15 is 0 Å². The summed E-state index contributed by atoms with van der Waals surface area (Å²) in [6.07, 6.45) is 5.62. The Balaban J connectivity index is 1.57. The van der Waals surface area contributed by atoms with Gasteiger partial charge in [-0.1, -0.05) is 6.42 Å². The van der Waals surface area contributed by atoms with Gasteiger partial charge in [-0.25, -0.2) is 0 Å². The fraction of sp³-hybridized carbons (Fsp3) is 0.632. The van der Waals surface area contributed by atoms with Crippen molar-refractivity contribution in [2.45, 2.75) is 25.8 Å². The lowest BCUT2D eigenvalue weighted by Crippen LogP contribution is -2.38. The second-order valence-corrected chi connectivity index (χ2v) is 6.91. The highest BCUT2D eigenvalue weighted by atomic mass is 16.3. The summed E-state index contributed by atoms with van der Waals surface area (Å²) in [6.45, 7) is 6.09. The molecule has 0 spiro atoms. The van der Waals surface area contributed by atoms with Crippen molar-refractivity contribution in [2.75, 3.05) is 51.2 Å². The molecule has 1 saturated heterocycles. The molecule has 2 aliphatic heterocycles. The summed E-state index contributed by atoms with van der Waals surface area (Å²) in [7, 11) is 2.06. The van der Waals surface area contributed by atoms with E-state index in [1.54, 1.807) is 6.26 Å². The Hall–Kier alpha value is -2.51. The lowest BCUT2D eigenvalue weighted by atomic mass is 10.1. The molecule has 26 heavy (non-hydrogen) atoms. The van der Waals surface area contributed by atoms with Crippen molar-refractivity contribution in [3.8, 4) is 12.1 Å². The average Bonchev–Trinajstić information content (AvgIpc) is 3.31. The Bertz CT molecular complexity index is 692. The zero-order valence-electron chi connectivity index (χ0n) is 15.4. The molecule has 0 N–H and O–H groups in total. The fourth-order valence-electron chi connectivity index (χ4n) is 3.65. The van der Waals surface area contributed by atoms with Gasteiger partial charge in [0.2, 0.25) is 0 Å². The molecule has 0 amide bonds. The number of hydrogen-bond acceptors (Lipinski definition) is 7. The molecule has 7 nitrogen and oxygen atoms in total. The van der Waals surface area contributed by atoms with Gasteiger partial charge in [-0.3, -0.25) is 9.89 Å². The van der Waals surface area contributed by atoms with Crippen molar-refractivity contribution in [1.29, 1.82) is 10.5 Å². The molecule has 0 saturated carbocycles. The third kappa shape index (κ3) is 4.17. The summed E-state index contributed by atoms with van der Waals surface area (Å²) < 4.78 is 5.75. The summed E-state index contributed by atoms with van der Waals surface area (Å²) in [4.78, 5) is 11.0. The van der Waals surface area contributed by atoms with Crippen LogP contribution >= 0.6 is 0 Å².